The quantitative estimate of drug-likeness (QED) is 0.612. The average molecular weight is 415 g/mol. The van der Waals surface area contributed by atoms with E-state index in [1.54, 1.807) is 0 Å². The summed E-state index contributed by atoms with van der Waals surface area (Å²) in [5.41, 5.74) is 2.15. The number of anilines is 1. The van der Waals surface area contributed by atoms with E-state index in [-0.39, 0.29) is 10.8 Å². The number of benzene rings is 2. The molecule has 0 aliphatic carbocycles. The molecular formula is C21H26N4O3S. The first-order chi connectivity index (χ1) is 13.8. The minimum Gasteiger partial charge on any atom is -0.309 e. The van der Waals surface area contributed by atoms with Crippen molar-refractivity contribution in [3.8, 4) is 0 Å². The smallest absolute Gasteiger partial charge is 0.257 e. The molecule has 0 aliphatic heterocycles. The van der Waals surface area contributed by atoms with Crippen molar-refractivity contribution in [3.63, 3.8) is 0 Å². The highest BCUT2D eigenvalue weighted by atomic mass is 32.2. The van der Waals surface area contributed by atoms with Gasteiger partial charge in [0.05, 0.1) is 15.9 Å². The molecule has 1 N–H and O–H groups in total. The van der Waals surface area contributed by atoms with E-state index in [9.17, 15) is 13.2 Å². The van der Waals surface area contributed by atoms with Gasteiger partial charge in [-0.2, -0.15) is 0 Å². The maximum Gasteiger partial charge on any atom is 0.257 e. The summed E-state index contributed by atoms with van der Waals surface area (Å²) >= 11 is 0. The summed E-state index contributed by atoms with van der Waals surface area (Å²) < 4.78 is 25.2. The Kier molecular flexibility index (Phi) is 6.34. The van der Waals surface area contributed by atoms with Crippen LogP contribution in [0.4, 0.5) is 5.95 Å². The highest BCUT2D eigenvalue weighted by Gasteiger charge is 2.16. The fourth-order valence-electron chi connectivity index (χ4n) is 3.21. The summed E-state index contributed by atoms with van der Waals surface area (Å²) in [6, 6.07) is 13.7. The van der Waals surface area contributed by atoms with Crippen molar-refractivity contribution < 1.29 is 13.2 Å². The molecule has 1 heterocycles. The number of rotatable bonds is 8. The zero-order valence-corrected chi connectivity index (χ0v) is 17.7. The summed E-state index contributed by atoms with van der Waals surface area (Å²) in [4.78, 5) is 19.8. The SMILES string of the molecule is CCN(CC)CCn1c(NC(=O)c2ccc(S(C)(=O)=O)cc2)nc2ccccc21. The zero-order valence-electron chi connectivity index (χ0n) is 16.9. The normalized spacial score (nSPS) is 11.9. The minimum atomic E-state index is -3.30. The van der Waals surface area contributed by atoms with Crippen LogP contribution in [-0.4, -0.2) is 54.7 Å². The maximum absolute atomic E-state index is 12.7. The van der Waals surface area contributed by atoms with Gasteiger partial charge in [-0.15, -0.1) is 0 Å². The number of likely N-dealkylation sites (N-methyl/N-ethyl adjacent to an activating group) is 1. The molecule has 0 unspecified atom stereocenters. The molecule has 154 valence electrons. The average Bonchev–Trinajstić information content (AvgIpc) is 3.05. The number of amides is 1. The van der Waals surface area contributed by atoms with Crippen molar-refractivity contribution in [2.24, 2.45) is 0 Å². The van der Waals surface area contributed by atoms with Gasteiger partial charge in [-0.05, 0) is 49.5 Å². The van der Waals surface area contributed by atoms with Gasteiger partial charge >= 0.3 is 0 Å². The number of para-hydroxylation sites is 2. The molecule has 3 aromatic rings. The third-order valence-electron chi connectivity index (χ3n) is 4.96. The van der Waals surface area contributed by atoms with E-state index in [0.717, 1.165) is 36.9 Å². The lowest BCUT2D eigenvalue weighted by molar-refractivity contribution is 0.102. The van der Waals surface area contributed by atoms with Crippen LogP contribution in [-0.2, 0) is 16.4 Å². The minimum absolute atomic E-state index is 0.181. The number of fused-ring (bicyclic) bond motifs is 1. The van der Waals surface area contributed by atoms with Crippen molar-refractivity contribution in [2.75, 3.05) is 31.2 Å². The van der Waals surface area contributed by atoms with E-state index in [0.29, 0.717) is 18.1 Å². The fraction of sp³-hybridized carbons (Fsp3) is 0.333. The lowest BCUT2D eigenvalue weighted by Crippen LogP contribution is -2.27. The Bertz CT molecular complexity index is 1100. The van der Waals surface area contributed by atoms with E-state index in [1.165, 1.54) is 24.3 Å². The number of hydrogen-bond donors (Lipinski definition) is 1. The molecule has 0 radical (unpaired) electrons. The Hall–Kier alpha value is -2.71. The zero-order chi connectivity index (χ0) is 21.0. The predicted octanol–water partition coefficient (Wildman–Crippen LogP) is 3.03. The van der Waals surface area contributed by atoms with Crippen molar-refractivity contribution in [1.29, 1.82) is 0 Å². The molecule has 1 amide bonds. The summed E-state index contributed by atoms with van der Waals surface area (Å²) in [5.74, 6) is 0.153. The number of sulfone groups is 1. The first-order valence-corrected chi connectivity index (χ1v) is 11.5. The number of nitrogens with one attached hydrogen (secondary N) is 1. The fourth-order valence-corrected chi connectivity index (χ4v) is 3.84. The van der Waals surface area contributed by atoms with Gasteiger partial charge in [0.1, 0.15) is 0 Å². The largest absolute Gasteiger partial charge is 0.309 e. The van der Waals surface area contributed by atoms with E-state index >= 15 is 0 Å². The van der Waals surface area contributed by atoms with Crippen LogP contribution >= 0.6 is 0 Å². The lowest BCUT2D eigenvalue weighted by Gasteiger charge is -2.19. The summed E-state index contributed by atoms with van der Waals surface area (Å²) in [5, 5.41) is 2.88. The molecule has 7 nitrogen and oxygen atoms in total. The number of aromatic nitrogens is 2. The number of hydrogen-bond acceptors (Lipinski definition) is 5. The monoisotopic (exact) mass is 414 g/mol. The first-order valence-electron chi connectivity index (χ1n) is 9.62. The van der Waals surface area contributed by atoms with Crippen LogP contribution in [0.15, 0.2) is 53.4 Å². The standard InChI is InChI=1S/C21H26N4O3S/c1-4-24(5-2)14-15-25-19-9-7-6-8-18(19)22-21(25)23-20(26)16-10-12-17(13-11-16)29(3,27)28/h6-13H,4-5,14-15H2,1-3H3,(H,22,23,26). The third kappa shape index (κ3) is 4.83. The van der Waals surface area contributed by atoms with Gasteiger partial charge in [0.15, 0.2) is 9.84 Å². The number of nitrogens with zero attached hydrogens (tertiary/aromatic N) is 3. The Balaban J connectivity index is 1.87. The topological polar surface area (TPSA) is 84.3 Å². The predicted molar refractivity (Wildman–Crippen MR) is 115 cm³/mol. The highest BCUT2D eigenvalue weighted by molar-refractivity contribution is 7.90. The van der Waals surface area contributed by atoms with Crippen LogP contribution in [0.1, 0.15) is 24.2 Å². The van der Waals surface area contributed by atoms with Gasteiger partial charge in [-0.25, -0.2) is 13.4 Å². The molecule has 0 fully saturated rings. The van der Waals surface area contributed by atoms with Crippen LogP contribution in [0.3, 0.4) is 0 Å². The molecule has 2 aromatic carbocycles. The molecule has 29 heavy (non-hydrogen) atoms. The van der Waals surface area contributed by atoms with Gasteiger partial charge in [0.2, 0.25) is 5.95 Å². The molecule has 8 heteroatoms. The number of carbonyl (C=O) groups is 1. The van der Waals surface area contributed by atoms with Crippen LogP contribution < -0.4 is 5.32 Å². The van der Waals surface area contributed by atoms with Crippen LogP contribution in [0.25, 0.3) is 11.0 Å². The molecule has 0 bridgehead atoms. The van der Waals surface area contributed by atoms with Crippen LogP contribution in [0.2, 0.25) is 0 Å². The summed E-state index contributed by atoms with van der Waals surface area (Å²) in [7, 11) is -3.30. The van der Waals surface area contributed by atoms with Crippen LogP contribution in [0, 0.1) is 0 Å². The Morgan fingerprint density at radius 1 is 1.07 bits per heavy atom. The van der Waals surface area contributed by atoms with Gasteiger partial charge in [-0.1, -0.05) is 26.0 Å². The van der Waals surface area contributed by atoms with Gasteiger partial charge in [0.25, 0.3) is 5.91 Å². The second-order valence-corrected chi connectivity index (χ2v) is 8.87. The lowest BCUT2D eigenvalue weighted by atomic mass is 10.2. The molecule has 0 aliphatic rings. The van der Waals surface area contributed by atoms with E-state index < -0.39 is 9.84 Å². The molecule has 1 aromatic heterocycles. The van der Waals surface area contributed by atoms with E-state index in [1.807, 2.05) is 28.8 Å². The molecule has 0 atom stereocenters. The number of carbonyl (C=O) groups excluding carboxylic acids is 1. The third-order valence-corrected chi connectivity index (χ3v) is 6.09. The molecule has 0 saturated carbocycles. The van der Waals surface area contributed by atoms with Gasteiger partial charge < -0.3 is 9.47 Å². The first kappa shape index (κ1) is 21.0. The van der Waals surface area contributed by atoms with Gasteiger partial charge in [0, 0.05) is 24.9 Å². The molecular weight excluding hydrogens is 388 g/mol. The van der Waals surface area contributed by atoms with E-state index in [2.05, 4.69) is 29.0 Å². The highest BCUT2D eigenvalue weighted by Crippen LogP contribution is 2.20. The molecule has 0 spiro atoms. The maximum atomic E-state index is 12.7. The molecule has 0 saturated heterocycles. The molecule has 3 rings (SSSR count). The summed E-state index contributed by atoms with van der Waals surface area (Å²) in [6.45, 7) is 7.70. The Morgan fingerprint density at radius 2 is 1.72 bits per heavy atom. The van der Waals surface area contributed by atoms with Crippen LogP contribution in [0.5, 0.6) is 0 Å². The van der Waals surface area contributed by atoms with Gasteiger partial charge in [-0.3, -0.25) is 10.1 Å². The van der Waals surface area contributed by atoms with E-state index in [4.69, 9.17) is 0 Å². The van der Waals surface area contributed by atoms with Crippen molar-refractivity contribution in [1.82, 2.24) is 14.5 Å². The summed E-state index contributed by atoms with van der Waals surface area (Å²) in [6.07, 6.45) is 1.14. The van der Waals surface area contributed by atoms with Crippen molar-refractivity contribution in [2.45, 2.75) is 25.3 Å². The van der Waals surface area contributed by atoms with Crippen molar-refractivity contribution >= 4 is 32.7 Å². The Morgan fingerprint density at radius 3 is 2.34 bits per heavy atom. The van der Waals surface area contributed by atoms with Crippen molar-refractivity contribution in [3.05, 3.63) is 54.1 Å². The second kappa shape index (κ2) is 8.75. The second-order valence-electron chi connectivity index (χ2n) is 6.85. The number of imidazole rings is 1. The Labute approximate surface area is 171 Å².